The SMILES string of the molecule is CCC(C(=O)Nc1cc(Oc2ccc(C)cc2)cc([N+](=O)[O-])c1)n1cc(Cl)cn1. The number of carbonyl (C=O) groups excluding carboxylic acids is 1. The zero-order valence-corrected chi connectivity index (χ0v) is 16.6. The number of nitrogens with zero attached hydrogens (tertiary/aromatic N) is 3. The van der Waals surface area contributed by atoms with Gasteiger partial charge in [-0.05, 0) is 25.5 Å². The molecule has 0 fully saturated rings. The summed E-state index contributed by atoms with van der Waals surface area (Å²) in [6, 6.07) is 10.8. The molecule has 29 heavy (non-hydrogen) atoms. The number of halogens is 1. The maximum Gasteiger partial charge on any atom is 0.275 e. The van der Waals surface area contributed by atoms with Crippen molar-refractivity contribution in [1.82, 2.24) is 9.78 Å². The summed E-state index contributed by atoms with van der Waals surface area (Å²) in [6.07, 6.45) is 3.46. The second-order valence-electron chi connectivity index (χ2n) is 6.44. The number of hydrogen-bond acceptors (Lipinski definition) is 5. The highest BCUT2D eigenvalue weighted by atomic mass is 35.5. The molecule has 0 aliphatic heterocycles. The molecule has 0 aliphatic carbocycles. The second-order valence-corrected chi connectivity index (χ2v) is 6.88. The first-order valence-corrected chi connectivity index (χ1v) is 9.28. The Labute approximate surface area is 172 Å². The van der Waals surface area contributed by atoms with E-state index in [2.05, 4.69) is 10.4 Å². The Balaban J connectivity index is 1.85. The highest BCUT2D eigenvalue weighted by Crippen LogP contribution is 2.30. The number of nitrogens with one attached hydrogen (secondary N) is 1. The fourth-order valence-electron chi connectivity index (χ4n) is 2.77. The van der Waals surface area contributed by atoms with Crippen molar-refractivity contribution in [2.75, 3.05) is 5.32 Å². The van der Waals surface area contributed by atoms with Crippen molar-refractivity contribution in [1.29, 1.82) is 0 Å². The maximum absolute atomic E-state index is 12.7. The number of carbonyl (C=O) groups is 1. The van der Waals surface area contributed by atoms with Gasteiger partial charge in [-0.15, -0.1) is 0 Å². The van der Waals surface area contributed by atoms with Crippen LogP contribution < -0.4 is 10.1 Å². The predicted octanol–water partition coefficient (Wildman–Crippen LogP) is 5.14. The molecule has 8 nitrogen and oxygen atoms in total. The fraction of sp³-hybridized carbons (Fsp3) is 0.200. The average Bonchev–Trinajstić information content (AvgIpc) is 3.10. The van der Waals surface area contributed by atoms with Gasteiger partial charge in [-0.25, -0.2) is 0 Å². The third-order valence-electron chi connectivity index (χ3n) is 4.21. The highest BCUT2D eigenvalue weighted by Gasteiger charge is 2.21. The molecule has 9 heteroatoms. The normalized spacial score (nSPS) is 11.7. The number of aryl methyl sites for hydroxylation is 1. The molecule has 1 amide bonds. The fourth-order valence-corrected chi connectivity index (χ4v) is 2.91. The van der Waals surface area contributed by atoms with Gasteiger partial charge in [0.15, 0.2) is 0 Å². The van der Waals surface area contributed by atoms with E-state index in [-0.39, 0.29) is 23.0 Å². The van der Waals surface area contributed by atoms with Crippen LogP contribution in [-0.4, -0.2) is 20.6 Å². The summed E-state index contributed by atoms with van der Waals surface area (Å²) in [5.74, 6) is 0.411. The summed E-state index contributed by atoms with van der Waals surface area (Å²) >= 11 is 5.88. The number of amides is 1. The molecule has 0 saturated carbocycles. The van der Waals surface area contributed by atoms with Crippen molar-refractivity contribution < 1.29 is 14.5 Å². The van der Waals surface area contributed by atoms with E-state index in [0.29, 0.717) is 17.2 Å². The monoisotopic (exact) mass is 414 g/mol. The lowest BCUT2D eigenvalue weighted by Crippen LogP contribution is -2.26. The van der Waals surface area contributed by atoms with Crippen molar-refractivity contribution in [2.45, 2.75) is 26.3 Å². The zero-order valence-electron chi connectivity index (χ0n) is 15.8. The quantitative estimate of drug-likeness (QED) is 0.426. The predicted molar refractivity (Wildman–Crippen MR) is 110 cm³/mol. The minimum absolute atomic E-state index is 0.194. The molecule has 1 atom stereocenters. The lowest BCUT2D eigenvalue weighted by atomic mass is 10.2. The van der Waals surface area contributed by atoms with Gasteiger partial charge in [0.1, 0.15) is 17.5 Å². The van der Waals surface area contributed by atoms with Gasteiger partial charge in [-0.1, -0.05) is 36.2 Å². The number of hydrogen-bond donors (Lipinski definition) is 1. The number of aromatic nitrogens is 2. The van der Waals surface area contributed by atoms with Gasteiger partial charge in [0.25, 0.3) is 5.69 Å². The van der Waals surface area contributed by atoms with Gasteiger partial charge in [0, 0.05) is 18.3 Å². The Bertz CT molecular complexity index is 1030. The number of anilines is 1. The Kier molecular flexibility index (Phi) is 6.13. The maximum atomic E-state index is 12.7. The van der Waals surface area contributed by atoms with Crippen LogP contribution in [0.25, 0.3) is 0 Å². The number of rotatable bonds is 7. The minimum atomic E-state index is -0.608. The van der Waals surface area contributed by atoms with Crippen molar-refractivity contribution in [3.8, 4) is 11.5 Å². The van der Waals surface area contributed by atoms with Crippen LogP contribution in [0.1, 0.15) is 24.9 Å². The van der Waals surface area contributed by atoms with Crippen molar-refractivity contribution in [2.24, 2.45) is 0 Å². The molecule has 1 heterocycles. The molecule has 3 aromatic rings. The first-order valence-electron chi connectivity index (χ1n) is 8.90. The first-order chi connectivity index (χ1) is 13.9. The van der Waals surface area contributed by atoms with E-state index in [1.807, 2.05) is 26.0 Å². The third kappa shape index (κ3) is 5.11. The molecule has 2 aromatic carbocycles. The van der Waals surface area contributed by atoms with Crippen LogP contribution in [0.5, 0.6) is 11.5 Å². The van der Waals surface area contributed by atoms with E-state index < -0.39 is 11.0 Å². The summed E-state index contributed by atoms with van der Waals surface area (Å²) < 4.78 is 7.19. The van der Waals surface area contributed by atoms with Crippen LogP contribution in [0.15, 0.2) is 54.9 Å². The summed E-state index contributed by atoms with van der Waals surface area (Å²) in [7, 11) is 0. The van der Waals surface area contributed by atoms with Crippen LogP contribution in [0.3, 0.4) is 0 Å². The van der Waals surface area contributed by atoms with Gasteiger partial charge >= 0.3 is 0 Å². The van der Waals surface area contributed by atoms with Gasteiger partial charge in [-0.3, -0.25) is 19.6 Å². The molecular formula is C20H19ClN4O4. The van der Waals surface area contributed by atoms with E-state index in [0.717, 1.165) is 5.56 Å². The molecule has 1 unspecified atom stereocenters. The van der Waals surface area contributed by atoms with Gasteiger partial charge < -0.3 is 10.1 Å². The summed E-state index contributed by atoms with van der Waals surface area (Å²) in [5.41, 5.74) is 1.12. The Morgan fingerprint density at radius 3 is 2.59 bits per heavy atom. The minimum Gasteiger partial charge on any atom is -0.457 e. The molecule has 150 valence electrons. The van der Waals surface area contributed by atoms with E-state index in [4.69, 9.17) is 16.3 Å². The summed E-state index contributed by atoms with van der Waals surface area (Å²) in [6.45, 7) is 3.78. The van der Waals surface area contributed by atoms with Gasteiger partial charge in [0.05, 0.1) is 27.9 Å². The van der Waals surface area contributed by atoms with Gasteiger partial charge in [-0.2, -0.15) is 5.10 Å². The largest absolute Gasteiger partial charge is 0.457 e. The second kappa shape index (κ2) is 8.74. The molecule has 0 spiro atoms. The smallest absolute Gasteiger partial charge is 0.275 e. The van der Waals surface area contributed by atoms with Crippen LogP contribution in [-0.2, 0) is 4.79 Å². The topological polar surface area (TPSA) is 99.3 Å². The van der Waals surface area contributed by atoms with Crippen LogP contribution in [0, 0.1) is 17.0 Å². The molecule has 0 saturated heterocycles. The van der Waals surface area contributed by atoms with Crippen LogP contribution in [0.4, 0.5) is 11.4 Å². The first kappa shape index (κ1) is 20.3. The van der Waals surface area contributed by atoms with Gasteiger partial charge in [0.2, 0.25) is 5.91 Å². The van der Waals surface area contributed by atoms with E-state index in [9.17, 15) is 14.9 Å². The van der Waals surface area contributed by atoms with E-state index in [1.165, 1.54) is 29.1 Å². The molecule has 0 bridgehead atoms. The van der Waals surface area contributed by atoms with E-state index >= 15 is 0 Å². The number of nitro groups is 1. The van der Waals surface area contributed by atoms with Crippen molar-refractivity contribution >= 4 is 28.9 Å². The molecule has 1 N–H and O–H groups in total. The summed E-state index contributed by atoms with van der Waals surface area (Å²) in [5, 5.41) is 18.5. The molecular weight excluding hydrogens is 396 g/mol. The lowest BCUT2D eigenvalue weighted by molar-refractivity contribution is -0.384. The van der Waals surface area contributed by atoms with Crippen LogP contribution >= 0.6 is 11.6 Å². The molecule has 3 rings (SSSR count). The standard InChI is InChI=1S/C20H19ClN4O4/c1-3-19(24-12-14(21)11-22-24)20(26)23-15-8-16(25(27)28)10-18(9-15)29-17-6-4-13(2)5-7-17/h4-12,19H,3H2,1-2H3,(H,23,26). The Morgan fingerprint density at radius 2 is 2.00 bits per heavy atom. The Hall–Kier alpha value is -3.39. The Morgan fingerprint density at radius 1 is 1.28 bits per heavy atom. The number of ether oxygens (including phenoxy) is 1. The third-order valence-corrected chi connectivity index (χ3v) is 4.40. The average molecular weight is 415 g/mol. The van der Waals surface area contributed by atoms with Crippen LogP contribution in [0.2, 0.25) is 5.02 Å². The zero-order chi connectivity index (χ0) is 21.0. The number of nitro benzene ring substituents is 1. The number of non-ortho nitro benzene ring substituents is 1. The van der Waals surface area contributed by atoms with Crippen molar-refractivity contribution in [3.63, 3.8) is 0 Å². The molecule has 1 aromatic heterocycles. The highest BCUT2D eigenvalue weighted by molar-refractivity contribution is 6.30. The lowest BCUT2D eigenvalue weighted by Gasteiger charge is -2.16. The van der Waals surface area contributed by atoms with E-state index in [1.54, 1.807) is 18.3 Å². The molecule has 0 aliphatic rings. The summed E-state index contributed by atoms with van der Waals surface area (Å²) in [4.78, 5) is 23.5. The molecule has 0 radical (unpaired) electrons. The van der Waals surface area contributed by atoms with Crippen molar-refractivity contribution in [3.05, 3.63) is 75.6 Å². The number of benzene rings is 2.